The van der Waals surface area contributed by atoms with Crippen LogP contribution in [-0.2, 0) is 11.3 Å². The highest BCUT2D eigenvalue weighted by atomic mass is 19.1. The second-order valence-corrected chi connectivity index (χ2v) is 7.55. The maximum absolute atomic E-state index is 13.3. The Balaban J connectivity index is 1.54. The van der Waals surface area contributed by atoms with E-state index in [-0.39, 0.29) is 30.6 Å². The van der Waals surface area contributed by atoms with Gasteiger partial charge >= 0.3 is 0 Å². The number of carbonyl (C=O) groups excluding carboxylic acids is 1. The molecule has 0 bridgehead atoms. The second kappa shape index (κ2) is 7.31. The van der Waals surface area contributed by atoms with Crippen LogP contribution in [0.3, 0.4) is 0 Å². The monoisotopic (exact) mass is 386 g/mol. The molecular formula is C19H23FN6O2. The zero-order chi connectivity index (χ0) is 19.8. The topological polar surface area (TPSA) is 85.2 Å². The van der Waals surface area contributed by atoms with Crippen LogP contribution in [0.5, 0.6) is 0 Å². The Bertz CT molecular complexity index is 925. The fourth-order valence-electron chi connectivity index (χ4n) is 3.57. The number of hydrogen-bond acceptors (Lipinski definition) is 6. The van der Waals surface area contributed by atoms with Crippen LogP contribution in [0.1, 0.15) is 49.7 Å². The molecule has 148 valence electrons. The van der Waals surface area contributed by atoms with Crippen molar-refractivity contribution in [3.63, 3.8) is 0 Å². The standard InChI is InChI=1S/C19H23FN6O2/c1-11(2)28-18-5-12(3)4-13(6-22-18)26-9-14-15(24-26)10-25(19(14)27)17-8-21-7-16(20)23-17/h6-9,11-12,18,22H,4-5,10H2,1-3H3/t12-,18?/m0/s1. The average Bonchev–Trinajstić information content (AvgIpc) is 3.11. The van der Waals surface area contributed by atoms with E-state index in [1.54, 1.807) is 10.9 Å². The number of halogens is 1. The van der Waals surface area contributed by atoms with Gasteiger partial charge in [0.15, 0.2) is 5.82 Å². The van der Waals surface area contributed by atoms with Gasteiger partial charge in [-0.05, 0) is 32.6 Å². The first-order valence-electron chi connectivity index (χ1n) is 9.39. The third kappa shape index (κ3) is 3.62. The highest BCUT2D eigenvalue weighted by Crippen LogP contribution is 2.29. The first-order chi connectivity index (χ1) is 13.4. The summed E-state index contributed by atoms with van der Waals surface area (Å²) in [6.45, 7) is 6.44. The van der Waals surface area contributed by atoms with Crippen LogP contribution in [0.2, 0.25) is 0 Å². The van der Waals surface area contributed by atoms with Crippen LogP contribution in [0.4, 0.5) is 10.2 Å². The Hall–Kier alpha value is -2.81. The van der Waals surface area contributed by atoms with Gasteiger partial charge in [-0.2, -0.15) is 14.5 Å². The molecule has 8 nitrogen and oxygen atoms in total. The number of anilines is 1. The number of allylic oxidation sites excluding steroid dienone is 1. The fourth-order valence-corrected chi connectivity index (χ4v) is 3.57. The van der Waals surface area contributed by atoms with Crippen LogP contribution < -0.4 is 10.2 Å². The number of amides is 1. The van der Waals surface area contributed by atoms with Crippen molar-refractivity contribution in [2.75, 3.05) is 4.90 Å². The lowest BCUT2D eigenvalue weighted by atomic mass is 10.0. The maximum Gasteiger partial charge on any atom is 0.263 e. The summed E-state index contributed by atoms with van der Waals surface area (Å²) in [6, 6.07) is 0. The predicted octanol–water partition coefficient (Wildman–Crippen LogP) is 2.54. The molecule has 2 aliphatic rings. The first kappa shape index (κ1) is 18.5. The van der Waals surface area contributed by atoms with Gasteiger partial charge < -0.3 is 10.1 Å². The molecule has 0 radical (unpaired) electrons. The number of rotatable bonds is 4. The molecule has 2 aromatic rings. The van der Waals surface area contributed by atoms with Gasteiger partial charge in [-0.15, -0.1) is 0 Å². The lowest BCUT2D eigenvalue weighted by Crippen LogP contribution is -2.30. The number of nitrogens with zero attached hydrogens (tertiary/aromatic N) is 5. The van der Waals surface area contributed by atoms with Crippen molar-refractivity contribution < 1.29 is 13.9 Å². The van der Waals surface area contributed by atoms with Crippen LogP contribution in [-0.4, -0.2) is 38.0 Å². The van der Waals surface area contributed by atoms with Gasteiger partial charge in [0.2, 0.25) is 5.95 Å². The van der Waals surface area contributed by atoms with E-state index >= 15 is 0 Å². The van der Waals surface area contributed by atoms with Crippen molar-refractivity contribution in [1.82, 2.24) is 25.1 Å². The van der Waals surface area contributed by atoms with Crippen LogP contribution >= 0.6 is 0 Å². The zero-order valence-electron chi connectivity index (χ0n) is 16.1. The highest BCUT2D eigenvalue weighted by molar-refractivity contribution is 6.09. The third-order valence-electron chi connectivity index (χ3n) is 4.78. The first-order valence-corrected chi connectivity index (χ1v) is 9.39. The molecule has 0 fully saturated rings. The Kier molecular flexibility index (Phi) is 4.84. The number of ether oxygens (including phenoxy) is 1. The molecule has 2 atom stereocenters. The summed E-state index contributed by atoms with van der Waals surface area (Å²) in [5, 5.41) is 7.90. The summed E-state index contributed by atoms with van der Waals surface area (Å²) in [6.07, 6.45) is 7.83. The maximum atomic E-state index is 13.3. The van der Waals surface area contributed by atoms with Crippen molar-refractivity contribution in [3.8, 4) is 0 Å². The lowest BCUT2D eigenvalue weighted by Gasteiger charge is -2.21. The van der Waals surface area contributed by atoms with Crippen molar-refractivity contribution in [3.05, 3.63) is 42.0 Å². The van der Waals surface area contributed by atoms with Gasteiger partial charge in [0.25, 0.3) is 5.91 Å². The van der Waals surface area contributed by atoms with Crippen molar-refractivity contribution in [1.29, 1.82) is 0 Å². The molecule has 0 aromatic carbocycles. The van der Waals surface area contributed by atoms with Gasteiger partial charge in [-0.25, -0.2) is 4.68 Å². The van der Waals surface area contributed by atoms with Gasteiger partial charge in [-0.3, -0.25) is 14.7 Å². The van der Waals surface area contributed by atoms with Crippen LogP contribution in [0.25, 0.3) is 5.70 Å². The van der Waals surface area contributed by atoms with Gasteiger partial charge in [0.1, 0.15) is 6.23 Å². The summed E-state index contributed by atoms with van der Waals surface area (Å²) in [5.41, 5.74) is 2.12. The Labute approximate surface area is 162 Å². The molecule has 4 rings (SSSR count). The summed E-state index contributed by atoms with van der Waals surface area (Å²) in [5.74, 6) is -0.384. The quantitative estimate of drug-likeness (QED) is 0.869. The minimum atomic E-state index is -0.721. The van der Waals surface area contributed by atoms with Gasteiger partial charge in [0.05, 0.1) is 42.0 Å². The van der Waals surface area contributed by atoms with Crippen LogP contribution in [0.15, 0.2) is 24.8 Å². The molecule has 0 aliphatic carbocycles. The molecule has 2 aliphatic heterocycles. The normalized spacial score (nSPS) is 22.1. The number of fused-ring (bicyclic) bond motifs is 1. The molecule has 9 heteroatoms. The van der Waals surface area contributed by atoms with Crippen molar-refractivity contribution in [2.24, 2.45) is 5.92 Å². The predicted molar refractivity (Wildman–Crippen MR) is 101 cm³/mol. The van der Waals surface area contributed by atoms with E-state index < -0.39 is 5.95 Å². The van der Waals surface area contributed by atoms with E-state index in [9.17, 15) is 9.18 Å². The Morgan fingerprint density at radius 3 is 2.89 bits per heavy atom. The highest BCUT2D eigenvalue weighted by Gasteiger charge is 2.33. The number of carbonyl (C=O) groups is 1. The molecule has 0 saturated heterocycles. The molecular weight excluding hydrogens is 363 g/mol. The van der Waals surface area contributed by atoms with Gasteiger partial charge in [0, 0.05) is 12.4 Å². The third-order valence-corrected chi connectivity index (χ3v) is 4.78. The van der Waals surface area contributed by atoms with Gasteiger partial charge in [-0.1, -0.05) is 6.92 Å². The van der Waals surface area contributed by atoms with E-state index in [4.69, 9.17) is 4.74 Å². The van der Waals surface area contributed by atoms with Crippen molar-refractivity contribution >= 4 is 17.4 Å². The van der Waals surface area contributed by atoms with E-state index in [1.807, 2.05) is 20.0 Å². The summed E-state index contributed by atoms with van der Waals surface area (Å²) >= 11 is 0. The average molecular weight is 386 g/mol. The number of hydrogen-bond donors (Lipinski definition) is 1. The van der Waals surface area contributed by atoms with E-state index in [0.29, 0.717) is 17.2 Å². The summed E-state index contributed by atoms with van der Waals surface area (Å²) in [7, 11) is 0. The number of aromatic nitrogens is 4. The molecule has 1 N–H and O–H groups in total. The molecule has 0 saturated carbocycles. The second-order valence-electron chi connectivity index (χ2n) is 7.55. The smallest absolute Gasteiger partial charge is 0.263 e. The molecule has 2 aromatic heterocycles. The minimum Gasteiger partial charge on any atom is -0.365 e. The summed E-state index contributed by atoms with van der Waals surface area (Å²) in [4.78, 5) is 21.6. The van der Waals surface area contributed by atoms with Crippen LogP contribution in [0, 0.1) is 11.9 Å². The zero-order valence-corrected chi connectivity index (χ0v) is 16.1. The fraction of sp³-hybridized carbons (Fsp3) is 0.474. The molecule has 28 heavy (non-hydrogen) atoms. The largest absolute Gasteiger partial charge is 0.365 e. The summed E-state index contributed by atoms with van der Waals surface area (Å²) < 4.78 is 21.0. The molecule has 0 spiro atoms. The molecule has 1 unspecified atom stereocenters. The van der Waals surface area contributed by atoms with Crippen molar-refractivity contribution in [2.45, 2.75) is 52.5 Å². The molecule has 4 heterocycles. The Morgan fingerprint density at radius 1 is 1.36 bits per heavy atom. The Morgan fingerprint density at radius 2 is 2.18 bits per heavy atom. The number of nitrogens with one attached hydrogen (secondary N) is 1. The lowest BCUT2D eigenvalue weighted by molar-refractivity contribution is -0.0145. The SMILES string of the molecule is CC(C)OC1C[C@@H](C)CC(n2cc3c(n2)CN(c2cncc(F)n2)C3=O)=CN1. The van der Waals surface area contributed by atoms with E-state index in [0.717, 1.165) is 24.7 Å². The van der Waals surface area contributed by atoms with E-state index in [2.05, 4.69) is 27.3 Å². The minimum absolute atomic E-state index is 0.0430. The van der Waals surface area contributed by atoms with E-state index in [1.165, 1.54) is 11.1 Å². The molecule has 1 amide bonds.